The van der Waals surface area contributed by atoms with Crippen molar-refractivity contribution in [2.75, 3.05) is 19.8 Å². The minimum atomic E-state index is -0.726. The van der Waals surface area contributed by atoms with Crippen LogP contribution in [0.3, 0.4) is 0 Å². The van der Waals surface area contributed by atoms with Gasteiger partial charge in [0, 0.05) is 18.6 Å². The number of hydrogen-bond donors (Lipinski definition) is 1. The van der Waals surface area contributed by atoms with Crippen LogP contribution in [0.5, 0.6) is 0 Å². The largest absolute Gasteiger partial charge is 0.378 e. The molecule has 0 bridgehead atoms. The molecule has 1 fully saturated rings. The fourth-order valence-electron chi connectivity index (χ4n) is 2.38. The quantitative estimate of drug-likeness (QED) is 0.778. The first kappa shape index (κ1) is 13.4. The molecular weight excluding hydrogens is 202 g/mol. The zero-order valence-electron chi connectivity index (χ0n) is 10.6. The summed E-state index contributed by atoms with van der Waals surface area (Å²) in [5.74, 6) is 0. The third kappa shape index (κ3) is 3.44. The van der Waals surface area contributed by atoms with Gasteiger partial charge in [-0.1, -0.05) is 6.92 Å². The molecule has 1 aliphatic heterocycles. The molecule has 1 aliphatic rings. The zero-order chi connectivity index (χ0) is 12.2. The van der Waals surface area contributed by atoms with Gasteiger partial charge in [0.05, 0.1) is 19.3 Å². The van der Waals surface area contributed by atoms with Gasteiger partial charge >= 0.3 is 0 Å². The summed E-state index contributed by atoms with van der Waals surface area (Å²) in [7, 11) is 0. The van der Waals surface area contributed by atoms with Crippen molar-refractivity contribution in [3.05, 3.63) is 0 Å². The molecule has 16 heavy (non-hydrogen) atoms. The van der Waals surface area contributed by atoms with Crippen LogP contribution in [0.4, 0.5) is 0 Å². The van der Waals surface area contributed by atoms with Crippen molar-refractivity contribution in [2.45, 2.75) is 51.2 Å². The molecule has 0 amide bonds. The van der Waals surface area contributed by atoms with Gasteiger partial charge in [0.15, 0.2) is 0 Å². The highest BCUT2D eigenvalue weighted by molar-refractivity contribution is 5.03. The standard InChI is InChI=1S/C12H23N3O/c1-4-11-8-16-6-5-15(11)10(2)7-12(3,14)9-13/h10-11H,4-8,14H2,1-3H3. The topological polar surface area (TPSA) is 62.3 Å². The molecule has 1 heterocycles. The maximum absolute atomic E-state index is 8.95. The smallest absolute Gasteiger partial charge is 0.102 e. The Balaban J connectivity index is 2.58. The number of nitrogens with zero attached hydrogens (tertiary/aromatic N) is 2. The van der Waals surface area contributed by atoms with E-state index in [-0.39, 0.29) is 0 Å². The first-order chi connectivity index (χ1) is 7.50. The molecule has 0 aromatic carbocycles. The Labute approximate surface area is 98.4 Å². The van der Waals surface area contributed by atoms with Crippen molar-refractivity contribution in [1.82, 2.24) is 4.90 Å². The van der Waals surface area contributed by atoms with E-state index in [0.717, 1.165) is 26.2 Å². The van der Waals surface area contributed by atoms with E-state index in [1.165, 1.54) is 0 Å². The number of nitriles is 1. The van der Waals surface area contributed by atoms with Crippen molar-refractivity contribution >= 4 is 0 Å². The molecule has 1 saturated heterocycles. The summed E-state index contributed by atoms with van der Waals surface area (Å²) in [5, 5.41) is 8.95. The second-order valence-electron chi connectivity index (χ2n) is 4.96. The summed E-state index contributed by atoms with van der Waals surface area (Å²) in [5.41, 5.74) is 5.17. The van der Waals surface area contributed by atoms with Crippen LogP contribution in [0.25, 0.3) is 0 Å². The van der Waals surface area contributed by atoms with Gasteiger partial charge in [0.1, 0.15) is 5.54 Å². The number of hydrogen-bond acceptors (Lipinski definition) is 4. The van der Waals surface area contributed by atoms with Crippen LogP contribution in [0.1, 0.15) is 33.6 Å². The van der Waals surface area contributed by atoms with Gasteiger partial charge in [-0.3, -0.25) is 4.90 Å². The van der Waals surface area contributed by atoms with Crippen molar-refractivity contribution in [3.8, 4) is 6.07 Å². The molecule has 0 aromatic rings. The van der Waals surface area contributed by atoms with Gasteiger partial charge in [-0.25, -0.2) is 0 Å². The molecule has 0 aliphatic carbocycles. The number of ether oxygens (including phenoxy) is 1. The third-order valence-electron chi connectivity index (χ3n) is 3.29. The Morgan fingerprint density at radius 3 is 2.94 bits per heavy atom. The van der Waals surface area contributed by atoms with E-state index in [2.05, 4.69) is 24.8 Å². The highest BCUT2D eigenvalue weighted by atomic mass is 16.5. The number of morpholine rings is 1. The predicted octanol–water partition coefficient (Wildman–Crippen LogP) is 1.12. The Morgan fingerprint density at radius 1 is 1.69 bits per heavy atom. The van der Waals surface area contributed by atoms with E-state index in [4.69, 9.17) is 15.7 Å². The summed E-state index contributed by atoms with van der Waals surface area (Å²) in [6, 6.07) is 2.97. The number of nitrogens with two attached hydrogens (primary N) is 1. The maximum atomic E-state index is 8.95. The van der Waals surface area contributed by atoms with Gasteiger partial charge in [-0.05, 0) is 26.7 Å². The summed E-state index contributed by atoms with van der Waals surface area (Å²) >= 11 is 0. The molecule has 4 nitrogen and oxygen atoms in total. The molecule has 4 heteroatoms. The molecule has 0 aromatic heterocycles. The Morgan fingerprint density at radius 2 is 2.38 bits per heavy atom. The lowest BCUT2D eigenvalue weighted by Crippen LogP contribution is -2.52. The van der Waals surface area contributed by atoms with Crippen LogP contribution in [-0.4, -0.2) is 42.3 Å². The Bertz CT molecular complexity index is 259. The Kier molecular flexibility index (Phi) is 4.72. The molecule has 0 spiro atoms. The van der Waals surface area contributed by atoms with E-state index in [9.17, 15) is 0 Å². The van der Waals surface area contributed by atoms with Crippen molar-refractivity contribution in [3.63, 3.8) is 0 Å². The number of rotatable bonds is 4. The lowest BCUT2D eigenvalue weighted by Gasteiger charge is -2.40. The van der Waals surface area contributed by atoms with Crippen LogP contribution < -0.4 is 5.73 Å². The van der Waals surface area contributed by atoms with Gasteiger partial charge in [-0.2, -0.15) is 5.26 Å². The molecule has 92 valence electrons. The fourth-order valence-corrected chi connectivity index (χ4v) is 2.38. The SMILES string of the molecule is CCC1COCCN1C(C)CC(C)(N)C#N. The lowest BCUT2D eigenvalue weighted by molar-refractivity contribution is -0.0301. The summed E-state index contributed by atoms with van der Waals surface area (Å²) in [4.78, 5) is 2.42. The summed E-state index contributed by atoms with van der Waals surface area (Å²) in [6.07, 6.45) is 1.79. The van der Waals surface area contributed by atoms with Crippen LogP contribution >= 0.6 is 0 Å². The van der Waals surface area contributed by atoms with Crippen LogP contribution in [0.15, 0.2) is 0 Å². The first-order valence-corrected chi connectivity index (χ1v) is 6.04. The Hall–Kier alpha value is -0.630. The molecule has 3 atom stereocenters. The minimum Gasteiger partial charge on any atom is -0.378 e. The van der Waals surface area contributed by atoms with Crippen molar-refractivity contribution < 1.29 is 4.74 Å². The zero-order valence-corrected chi connectivity index (χ0v) is 10.6. The van der Waals surface area contributed by atoms with Crippen molar-refractivity contribution in [1.29, 1.82) is 5.26 Å². The molecular formula is C12H23N3O. The average molecular weight is 225 g/mol. The van der Waals surface area contributed by atoms with E-state index >= 15 is 0 Å². The molecule has 1 rings (SSSR count). The molecule has 2 N–H and O–H groups in total. The van der Waals surface area contributed by atoms with Crippen molar-refractivity contribution in [2.24, 2.45) is 5.73 Å². The van der Waals surface area contributed by atoms with Crippen LogP contribution in [0, 0.1) is 11.3 Å². The van der Waals surface area contributed by atoms with E-state index in [1.807, 2.05) is 0 Å². The molecule has 0 radical (unpaired) electrons. The van der Waals surface area contributed by atoms with Gasteiger partial charge in [0.2, 0.25) is 0 Å². The molecule has 3 unspecified atom stereocenters. The second kappa shape index (κ2) is 5.62. The second-order valence-corrected chi connectivity index (χ2v) is 4.96. The van der Waals surface area contributed by atoms with E-state index in [1.54, 1.807) is 6.92 Å². The monoisotopic (exact) mass is 225 g/mol. The lowest BCUT2D eigenvalue weighted by atomic mass is 9.94. The minimum absolute atomic E-state index is 0.337. The fraction of sp³-hybridized carbons (Fsp3) is 0.917. The highest BCUT2D eigenvalue weighted by Crippen LogP contribution is 2.19. The molecule has 0 saturated carbocycles. The average Bonchev–Trinajstić information content (AvgIpc) is 2.28. The normalized spacial score (nSPS) is 28.1. The third-order valence-corrected chi connectivity index (χ3v) is 3.29. The van der Waals surface area contributed by atoms with Crippen LogP contribution in [-0.2, 0) is 4.74 Å². The van der Waals surface area contributed by atoms with Gasteiger partial charge < -0.3 is 10.5 Å². The predicted molar refractivity (Wildman–Crippen MR) is 63.9 cm³/mol. The van der Waals surface area contributed by atoms with Gasteiger partial charge in [0.25, 0.3) is 0 Å². The maximum Gasteiger partial charge on any atom is 0.102 e. The first-order valence-electron chi connectivity index (χ1n) is 6.04. The van der Waals surface area contributed by atoms with Crippen LogP contribution in [0.2, 0.25) is 0 Å². The van der Waals surface area contributed by atoms with E-state index < -0.39 is 5.54 Å². The summed E-state index contributed by atoms with van der Waals surface area (Å²) in [6.45, 7) is 8.65. The summed E-state index contributed by atoms with van der Waals surface area (Å²) < 4.78 is 5.47. The van der Waals surface area contributed by atoms with Gasteiger partial charge in [-0.15, -0.1) is 0 Å². The van der Waals surface area contributed by atoms with E-state index in [0.29, 0.717) is 18.5 Å². The highest BCUT2D eigenvalue weighted by Gasteiger charge is 2.30.